The third-order valence-corrected chi connectivity index (χ3v) is 7.37. The molecule has 0 saturated carbocycles. The maximum atomic E-state index is 12.8. The summed E-state index contributed by atoms with van der Waals surface area (Å²) in [4.78, 5) is 20.6. The van der Waals surface area contributed by atoms with Gasteiger partial charge in [0.1, 0.15) is 5.75 Å². The molecule has 2 N–H and O–H groups in total. The first-order valence-electron chi connectivity index (χ1n) is 10.00. The molecule has 0 spiro atoms. The summed E-state index contributed by atoms with van der Waals surface area (Å²) in [6.07, 6.45) is 1.39. The molecule has 0 saturated heterocycles. The van der Waals surface area contributed by atoms with Gasteiger partial charge in [-0.1, -0.05) is 12.1 Å². The predicted octanol–water partition coefficient (Wildman–Crippen LogP) is 1.75. The molecular weight excluding hydrogens is 482 g/mol. The summed E-state index contributed by atoms with van der Waals surface area (Å²) in [5.74, 6) is -0.363. The lowest BCUT2D eigenvalue weighted by atomic mass is 10.2. The van der Waals surface area contributed by atoms with Crippen molar-refractivity contribution >= 4 is 43.3 Å². The largest absolute Gasteiger partial charge is 0.476 e. The number of rotatable bonds is 6. The van der Waals surface area contributed by atoms with Crippen molar-refractivity contribution in [3.8, 4) is 5.75 Å². The summed E-state index contributed by atoms with van der Waals surface area (Å²) in [5.41, 5.74) is 1.27. The summed E-state index contributed by atoms with van der Waals surface area (Å²) in [6, 6.07) is 13.6. The van der Waals surface area contributed by atoms with Crippen LogP contribution in [0.5, 0.6) is 5.75 Å². The van der Waals surface area contributed by atoms with Gasteiger partial charge in [0, 0.05) is 17.6 Å². The zero-order valence-corrected chi connectivity index (χ0v) is 19.8. The smallest absolute Gasteiger partial charge is 0.267 e. The van der Waals surface area contributed by atoms with Crippen molar-refractivity contribution < 1.29 is 26.4 Å². The van der Waals surface area contributed by atoms with Crippen LogP contribution in [-0.4, -0.2) is 51.6 Å². The Morgan fingerprint density at radius 2 is 1.76 bits per heavy atom. The van der Waals surface area contributed by atoms with Crippen LogP contribution >= 0.6 is 0 Å². The van der Waals surface area contributed by atoms with Crippen LogP contribution in [0.25, 0.3) is 0 Å². The van der Waals surface area contributed by atoms with Gasteiger partial charge in [0.25, 0.3) is 15.9 Å². The lowest BCUT2D eigenvalue weighted by molar-refractivity contribution is -0.122. The molecule has 34 heavy (non-hydrogen) atoms. The van der Waals surface area contributed by atoms with Crippen LogP contribution in [0, 0.1) is 6.92 Å². The van der Waals surface area contributed by atoms with E-state index in [9.17, 15) is 21.6 Å². The van der Waals surface area contributed by atoms with Crippen LogP contribution in [0.4, 0.5) is 17.3 Å². The number of nitrogens with zero attached hydrogens (tertiary/aromatic N) is 3. The van der Waals surface area contributed by atoms with E-state index in [1.807, 2.05) is 0 Å². The molecule has 1 unspecified atom stereocenters. The van der Waals surface area contributed by atoms with Gasteiger partial charge in [-0.3, -0.25) is 9.10 Å². The van der Waals surface area contributed by atoms with Crippen LogP contribution in [0.2, 0.25) is 0 Å². The topological polar surface area (TPSA) is 148 Å². The molecule has 11 nitrogen and oxygen atoms in total. The second kappa shape index (κ2) is 8.91. The molecule has 13 heteroatoms. The van der Waals surface area contributed by atoms with Gasteiger partial charge in [-0.25, -0.2) is 31.5 Å². The Labute approximate surface area is 196 Å². The average molecular weight is 504 g/mol. The number of nitrogens with one attached hydrogen (secondary N) is 2. The first-order valence-corrected chi connectivity index (χ1v) is 13.3. The van der Waals surface area contributed by atoms with E-state index in [2.05, 4.69) is 20.0 Å². The van der Waals surface area contributed by atoms with E-state index >= 15 is 0 Å². The molecule has 0 aliphatic carbocycles. The van der Waals surface area contributed by atoms with Crippen molar-refractivity contribution in [3.05, 3.63) is 66.5 Å². The Morgan fingerprint density at radius 3 is 2.44 bits per heavy atom. The lowest BCUT2D eigenvalue weighted by Crippen LogP contribution is -2.48. The second-order valence-corrected chi connectivity index (χ2v) is 11.1. The highest BCUT2D eigenvalue weighted by Crippen LogP contribution is 2.34. The molecule has 0 radical (unpaired) electrons. The highest BCUT2D eigenvalue weighted by molar-refractivity contribution is 7.92. The van der Waals surface area contributed by atoms with Crippen LogP contribution in [0.3, 0.4) is 0 Å². The number of sulfonamides is 2. The van der Waals surface area contributed by atoms with E-state index in [0.717, 1.165) is 10.6 Å². The van der Waals surface area contributed by atoms with Crippen molar-refractivity contribution in [3.63, 3.8) is 0 Å². The number of para-hydroxylation sites is 2. The molecule has 178 valence electrons. The molecule has 1 aliphatic rings. The highest BCUT2D eigenvalue weighted by atomic mass is 32.2. The third kappa shape index (κ3) is 5.10. The van der Waals surface area contributed by atoms with E-state index in [-0.39, 0.29) is 23.1 Å². The molecule has 0 bridgehead atoms. The van der Waals surface area contributed by atoms with Crippen molar-refractivity contribution in [2.75, 3.05) is 27.1 Å². The fraction of sp³-hybridized carbons (Fsp3) is 0.190. The molecule has 4 rings (SSSR count). The van der Waals surface area contributed by atoms with Gasteiger partial charge >= 0.3 is 0 Å². The lowest BCUT2D eigenvalue weighted by Gasteiger charge is -2.33. The monoisotopic (exact) mass is 503 g/mol. The van der Waals surface area contributed by atoms with Crippen LogP contribution in [0.1, 0.15) is 5.69 Å². The molecule has 1 aromatic heterocycles. The molecular formula is C21H21N5O6S2. The van der Waals surface area contributed by atoms with Crippen LogP contribution < -0.4 is 19.1 Å². The standard InChI is InChI=1S/C21H21N5O6S2/c1-14-11-12-22-21(23-14)25-34(30,31)16-9-7-15(8-10-16)24-20(27)19-13-26(33(2,28)29)17-5-3-4-6-18(17)32-19/h3-12,19H,13H2,1-2H3,(H,24,27)(H,22,23,25). The van der Waals surface area contributed by atoms with Gasteiger partial charge in [0.05, 0.1) is 23.4 Å². The number of hydrogen-bond donors (Lipinski definition) is 2. The molecule has 1 aliphatic heterocycles. The SMILES string of the molecule is Cc1ccnc(NS(=O)(=O)c2ccc(NC(=O)C3CN(S(C)(=O)=O)c4ccccc4O3)cc2)n1. The summed E-state index contributed by atoms with van der Waals surface area (Å²) >= 11 is 0. The van der Waals surface area contributed by atoms with E-state index < -0.39 is 32.1 Å². The fourth-order valence-electron chi connectivity index (χ4n) is 3.27. The zero-order valence-electron chi connectivity index (χ0n) is 18.2. The third-order valence-electron chi connectivity index (χ3n) is 4.88. The Kier molecular flexibility index (Phi) is 6.15. The Balaban J connectivity index is 1.48. The minimum atomic E-state index is -3.94. The Bertz CT molecular complexity index is 1440. The number of carbonyl (C=O) groups is 1. The molecule has 2 aromatic carbocycles. The van der Waals surface area contributed by atoms with E-state index in [1.165, 1.54) is 30.5 Å². The number of amides is 1. The van der Waals surface area contributed by atoms with E-state index in [0.29, 0.717) is 17.1 Å². The Morgan fingerprint density at radius 1 is 1.06 bits per heavy atom. The number of hydrogen-bond acceptors (Lipinski definition) is 8. The first kappa shape index (κ1) is 23.4. The first-order chi connectivity index (χ1) is 16.0. The quantitative estimate of drug-likeness (QED) is 0.517. The maximum Gasteiger partial charge on any atom is 0.267 e. The minimum absolute atomic E-state index is 0.0532. The normalized spacial score (nSPS) is 15.7. The number of aryl methyl sites for hydroxylation is 1. The molecule has 3 aromatic rings. The zero-order chi connectivity index (χ0) is 24.5. The second-order valence-electron chi connectivity index (χ2n) is 7.51. The molecule has 1 atom stereocenters. The molecule has 0 fully saturated rings. The van der Waals surface area contributed by atoms with Crippen molar-refractivity contribution in [1.29, 1.82) is 0 Å². The number of fused-ring (bicyclic) bond motifs is 1. The van der Waals surface area contributed by atoms with Gasteiger partial charge in [-0.15, -0.1) is 0 Å². The highest BCUT2D eigenvalue weighted by Gasteiger charge is 2.34. The Hall–Kier alpha value is -3.71. The van der Waals surface area contributed by atoms with Gasteiger partial charge in [0.15, 0.2) is 6.10 Å². The van der Waals surface area contributed by atoms with Crippen molar-refractivity contribution in [2.24, 2.45) is 0 Å². The van der Waals surface area contributed by atoms with Gasteiger partial charge < -0.3 is 10.1 Å². The number of carbonyl (C=O) groups excluding carboxylic acids is 1. The van der Waals surface area contributed by atoms with E-state index in [1.54, 1.807) is 37.3 Å². The predicted molar refractivity (Wildman–Crippen MR) is 126 cm³/mol. The van der Waals surface area contributed by atoms with Gasteiger partial charge in [-0.05, 0) is 49.4 Å². The van der Waals surface area contributed by atoms with Crippen LogP contribution in [-0.2, 0) is 24.8 Å². The van der Waals surface area contributed by atoms with Gasteiger partial charge in [0.2, 0.25) is 16.0 Å². The van der Waals surface area contributed by atoms with Crippen molar-refractivity contribution in [2.45, 2.75) is 17.9 Å². The summed E-state index contributed by atoms with van der Waals surface area (Å²) in [6.45, 7) is 1.51. The number of anilines is 3. The molecule has 2 heterocycles. The minimum Gasteiger partial charge on any atom is -0.476 e. The van der Waals surface area contributed by atoms with E-state index in [4.69, 9.17) is 4.74 Å². The maximum absolute atomic E-state index is 12.8. The average Bonchev–Trinajstić information content (AvgIpc) is 2.77. The summed E-state index contributed by atoms with van der Waals surface area (Å²) in [7, 11) is -7.58. The summed E-state index contributed by atoms with van der Waals surface area (Å²) < 4.78 is 58.7. The molecule has 1 amide bonds. The fourth-order valence-corrected chi connectivity index (χ4v) is 5.14. The number of ether oxygens (including phenoxy) is 1. The van der Waals surface area contributed by atoms with Crippen molar-refractivity contribution in [1.82, 2.24) is 9.97 Å². The number of benzene rings is 2. The number of aromatic nitrogens is 2. The van der Waals surface area contributed by atoms with Gasteiger partial charge in [-0.2, -0.15) is 0 Å². The summed E-state index contributed by atoms with van der Waals surface area (Å²) in [5, 5.41) is 2.62. The van der Waals surface area contributed by atoms with Crippen LogP contribution in [0.15, 0.2) is 65.7 Å².